The molecule has 0 spiro atoms. The maximum absolute atomic E-state index is 10.6. The van der Waals surface area contributed by atoms with Crippen LogP contribution in [0, 0.1) is 11.3 Å². The summed E-state index contributed by atoms with van der Waals surface area (Å²) in [5.74, 6) is -0.266. The van der Waals surface area contributed by atoms with Crippen molar-refractivity contribution >= 4 is 5.97 Å². The first-order chi connectivity index (χ1) is 9.19. The molecule has 0 saturated carbocycles. The summed E-state index contributed by atoms with van der Waals surface area (Å²) in [4.78, 5) is 10.6. The summed E-state index contributed by atoms with van der Waals surface area (Å²) < 4.78 is 4.89. The van der Waals surface area contributed by atoms with Crippen LogP contribution < -0.4 is 0 Å². The molecule has 1 heterocycles. The molecule has 0 aliphatic carbocycles. The van der Waals surface area contributed by atoms with E-state index in [0.29, 0.717) is 18.7 Å². The Morgan fingerprint density at radius 3 is 2.74 bits per heavy atom. The summed E-state index contributed by atoms with van der Waals surface area (Å²) in [6.07, 6.45) is 0.687. The lowest BCUT2D eigenvalue weighted by Gasteiger charge is -2.03. The number of rotatable bonds is 4. The number of ether oxygens (including phenoxy) is 1. The van der Waals surface area contributed by atoms with Gasteiger partial charge >= 0.3 is 5.97 Å². The van der Waals surface area contributed by atoms with Crippen LogP contribution in [0.1, 0.15) is 18.2 Å². The SMILES string of the molecule is CC(=O)OCCc1ccc(-c2cc(C#N)n[nH]2)cc1. The van der Waals surface area contributed by atoms with Gasteiger partial charge in [-0.2, -0.15) is 10.4 Å². The minimum atomic E-state index is -0.266. The number of aromatic amines is 1. The molecule has 0 aliphatic rings. The first-order valence-electron chi connectivity index (χ1n) is 5.87. The molecule has 1 aromatic heterocycles. The molecule has 0 unspecified atom stereocenters. The molecule has 0 aliphatic heterocycles. The third-order valence-electron chi connectivity index (χ3n) is 2.65. The van der Waals surface area contributed by atoms with Crippen molar-refractivity contribution in [2.75, 3.05) is 6.61 Å². The molecule has 2 aromatic rings. The van der Waals surface area contributed by atoms with Crippen LogP contribution in [0.5, 0.6) is 0 Å². The van der Waals surface area contributed by atoms with Gasteiger partial charge in [-0.25, -0.2) is 0 Å². The Balaban J connectivity index is 2.02. The molecule has 1 aromatic carbocycles. The Morgan fingerprint density at radius 1 is 1.42 bits per heavy atom. The van der Waals surface area contributed by atoms with Crippen LogP contribution in [0.2, 0.25) is 0 Å². The van der Waals surface area contributed by atoms with E-state index < -0.39 is 0 Å². The number of benzene rings is 1. The zero-order valence-electron chi connectivity index (χ0n) is 10.5. The van der Waals surface area contributed by atoms with Crippen molar-refractivity contribution in [1.82, 2.24) is 10.2 Å². The quantitative estimate of drug-likeness (QED) is 0.848. The smallest absolute Gasteiger partial charge is 0.302 e. The number of aromatic nitrogens is 2. The number of carbonyl (C=O) groups excluding carboxylic acids is 1. The van der Waals surface area contributed by atoms with Crippen molar-refractivity contribution in [3.8, 4) is 17.3 Å². The maximum Gasteiger partial charge on any atom is 0.302 e. The Morgan fingerprint density at radius 2 is 2.16 bits per heavy atom. The molecule has 0 atom stereocenters. The molecular formula is C14H13N3O2. The number of nitrogens with zero attached hydrogens (tertiary/aromatic N) is 2. The highest BCUT2D eigenvalue weighted by molar-refractivity contribution is 5.65. The van der Waals surface area contributed by atoms with Crippen LogP contribution in [0.25, 0.3) is 11.3 Å². The molecule has 0 bridgehead atoms. The van der Waals surface area contributed by atoms with Crippen LogP contribution >= 0.6 is 0 Å². The molecule has 2 rings (SSSR count). The van der Waals surface area contributed by atoms with Gasteiger partial charge < -0.3 is 4.74 Å². The Kier molecular flexibility index (Phi) is 3.94. The van der Waals surface area contributed by atoms with E-state index in [9.17, 15) is 4.79 Å². The third kappa shape index (κ3) is 3.42. The number of carbonyl (C=O) groups is 1. The van der Waals surface area contributed by atoms with E-state index in [-0.39, 0.29) is 5.97 Å². The minimum absolute atomic E-state index is 0.266. The zero-order valence-corrected chi connectivity index (χ0v) is 10.5. The molecule has 5 heteroatoms. The van der Waals surface area contributed by atoms with Gasteiger partial charge in [-0.05, 0) is 11.1 Å². The molecule has 0 saturated heterocycles. The second-order valence-electron chi connectivity index (χ2n) is 4.07. The van der Waals surface area contributed by atoms with Crippen molar-refractivity contribution in [2.24, 2.45) is 0 Å². The molecule has 96 valence electrons. The fourth-order valence-electron chi connectivity index (χ4n) is 1.69. The maximum atomic E-state index is 10.6. The Bertz CT molecular complexity index is 608. The number of hydrogen-bond acceptors (Lipinski definition) is 4. The lowest BCUT2D eigenvalue weighted by Crippen LogP contribution is -2.03. The van der Waals surface area contributed by atoms with E-state index in [1.807, 2.05) is 30.3 Å². The summed E-state index contributed by atoms with van der Waals surface area (Å²) in [7, 11) is 0. The van der Waals surface area contributed by atoms with Gasteiger partial charge in [0.1, 0.15) is 6.07 Å². The first-order valence-corrected chi connectivity index (χ1v) is 5.87. The molecule has 19 heavy (non-hydrogen) atoms. The van der Waals surface area contributed by atoms with E-state index in [1.54, 1.807) is 6.07 Å². The predicted octanol–water partition coefficient (Wildman–Crippen LogP) is 2.05. The van der Waals surface area contributed by atoms with Crippen molar-refractivity contribution in [2.45, 2.75) is 13.3 Å². The second-order valence-corrected chi connectivity index (χ2v) is 4.07. The van der Waals surface area contributed by atoms with Crippen LogP contribution in [0.3, 0.4) is 0 Å². The van der Waals surface area contributed by atoms with E-state index in [1.165, 1.54) is 6.92 Å². The van der Waals surface area contributed by atoms with E-state index in [2.05, 4.69) is 10.2 Å². The predicted molar refractivity (Wildman–Crippen MR) is 69.1 cm³/mol. The number of nitrogens with one attached hydrogen (secondary N) is 1. The van der Waals surface area contributed by atoms with Gasteiger partial charge in [-0.15, -0.1) is 0 Å². The standard InChI is InChI=1S/C14H13N3O2/c1-10(18)19-7-6-11-2-4-12(5-3-11)14-8-13(9-15)16-17-14/h2-5,8H,6-7H2,1H3,(H,16,17). The summed E-state index contributed by atoms with van der Waals surface area (Å²) >= 11 is 0. The lowest BCUT2D eigenvalue weighted by atomic mass is 10.1. The van der Waals surface area contributed by atoms with Crippen molar-refractivity contribution in [3.63, 3.8) is 0 Å². The first kappa shape index (κ1) is 12.8. The summed E-state index contributed by atoms with van der Waals surface area (Å²) in [5.41, 5.74) is 3.23. The van der Waals surface area contributed by atoms with Crippen molar-refractivity contribution in [3.05, 3.63) is 41.6 Å². The van der Waals surface area contributed by atoms with Gasteiger partial charge in [0, 0.05) is 19.4 Å². The largest absolute Gasteiger partial charge is 0.466 e. The van der Waals surface area contributed by atoms with Crippen LogP contribution in [-0.2, 0) is 16.0 Å². The van der Waals surface area contributed by atoms with E-state index in [0.717, 1.165) is 16.8 Å². The van der Waals surface area contributed by atoms with E-state index >= 15 is 0 Å². The molecule has 0 amide bonds. The fraction of sp³-hybridized carbons (Fsp3) is 0.214. The highest BCUT2D eigenvalue weighted by atomic mass is 16.5. The van der Waals surface area contributed by atoms with Gasteiger partial charge in [0.05, 0.1) is 12.3 Å². The van der Waals surface area contributed by atoms with Crippen LogP contribution in [0.15, 0.2) is 30.3 Å². The van der Waals surface area contributed by atoms with Crippen molar-refractivity contribution < 1.29 is 9.53 Å². The van der Waals surface area contributed by atoms with Crippen LogP contribution in [-0.4, -0.2) is 22.8 Å². The Labute approximate surface area is 110 Å². The summed E-state index contributed by atoms with van der Waals surface area (Å²) in [6.45, 7) is 1.78. The fourth-order valence-corrected chi connectivity index (χ4v) is 1.69. The van der Waals surface area contributed by atoms with Crippen molar-refractivity contribution in [1.29, 1.82) is 5.26 Å². The van der Waals surface area contributed by atoms with Gasteiger partial charge in [0.2, 0.25) is 0 Å². The van der Waals surface area contributed by atoms with Crippen LogP contribution in [0.4, 0.5) is 0 Å². The average Bonchev–Trinajstić information content (AvgIpc) is 2.88. The highest BCUT2D eigenvalue weighted by Gasteiger charge is 2.03. The highest BCUT2D eigenvalue weighted by Crippen LogP contribution is 2.18. The average molecular weight is 255 g/mol. The molecular weight excluding hydrogens is 242 g/mol. The minimum Gasteiger partial charge on any atom is -0.466 e. The third-order valence-corrected chi connectivity index (χ3v) is 2.65. The van der Waals surface area contributed by atoms with Gasteiger partial charge in [0.15, 0.2) is 5.69 Å². The van der Waals surface area contributed by atoms with Gasteiger partial charge in [0.25, 0.3) is 0 Å². The normalized spacial score (nSPS) is 9.89. The number of H-pyrrole nitrogens is 1. The number of esters is 1. The number of hydrogen-bond donors (Lipinski definition) is 1. The number of nitriles is 1. The lowest BCUT2D eigenvalue weighted by molar-refractivity contribution is -0.140. The van der Waals surface area contributed by atoms with E-state index in [4.69, 9.17) is 10.00 Å². The Hall–Kier alpha value is -2.61. The monoisotopic (exact) mass is 255 g/mol. The molecule has 0 radical (unpaired) electrons. The molecule has 5 nitrogen and oxygen atoms in total. The van der Waals surface area contributed by atoms with Gasteiger partial charge in [-0.3, -0.25) is 9.89 Å². The summed E-state index contributed by atoms with van der Waals surface area (Å²) in [6, 6.07) is 11.5. The topological polar surface area (TPSA) is 78.8 Å². The van der Waals surface area contributed by atoms with Gasteiger partial charge in [-0.1, -0.05) is 24.3 Å². The molecule has 1 N–H and O–H groups in total. The zero-order chi connectivity index (χ0) is 13.7. The second kappa shape index (κ2) is 5.83. The molecule has 0 fully saturated rings. The summed E-state index contributed by atoms with van der Waals surface area (Å²) in [5, 5.41) is 15.4.